The number of methoxy groups -OCH3 is 1. The monoisotopic (exact) mass is 258 g/mol. The summed E-state index contributed by atoms with van der Waals surface area (Å²) in [6.07, 6.45) is 8.03. The summed E-state index contributed by atoms with van der Waals surface area (Å²) in [4.78, 5) is 12.8. The van der Waals surface area contributed by atoms with Crippen LogP contribution in [-0.2, 0) is 0 Å². The summed E-state index contributed by atoms with van der Waals surface area (Å²) in [5, 5.41) is 3.43. The summed E-state index contributed by atoms with van der Waals surface area (Å²) >= 11 is 0. The van der Waals surface area contributed by atoms with E-state index < -0.39 is 0 Å². The van der Waals surface area contributed by atoms with Crippen molar-refractivity contribution < 1.29 is 4.74 Å². The first kappa shape index (κ1) is 13.4. The quantitative estimate of drug-likeness (QED) is 0.858. The SMILES string of the molecule is CCCNC(c1cncc(OC)c1)c1ncccn1. The van der Waals surface area contributed by atoms with Crippen LogP contribution >= 0.6 is 0 Å². The third kappa shape index (κ3) is 3.48. The molecule has 0 radical (unpaired) electrons. The molecule has 5 heteroatoms. The highest BCUT2D eigenvalue weighted by Gasteiger charge is 2.16. The molecule has 0 aliphatic heterocycles. The summed E-state index contributed by atoms with van der Waals surface area (Å²) < 4.78 is 5.21. The molecule has 0 saturated carbocycles. The molecule has 1 atom stereocenters. The maximum Gasteiger partial charge on any atom is 0.149 e. The Hall–Kier alpha value is -2.01. The number of hydrogen-bond acceptors (Lipinski definition) is 5. The first-order chi connectivity index (χ1) is 9.35. The van der Waals surface area contributed by atoms with E-state index in [4.69, 9.17) is 4.74 Å². The highest BCUT2D eigenvalue weighted by molar-refractivity contribution is 5.29. The third-order valence-corrected chi connectivity index (χ3v) is 2.75. The van der Waals surface area contributed by atoms with Crippen molar-refractivity contribution in [3.05, 3.63) is 48.3 Å². The van der Waals surface area contributed by atoms with E-state index in [2.05, 4.69) is 27.2 Å². The molecule has 5 nitrogen and oxygen atoms in total. The average molecular weight is 258 g/mol. The molecule has 2 aromatic rings. The molecule has 0 saturated heterocycles. The van der Waals surface area contributed by atoms with E-state index in [1.807, 2.05) is 18.3 Å². The Balaban J connectivity index is 2.31. The van der Waals surface area contributed by atoms with E-state index in [-0.39, 0.29) is 6.04 Å². The Morgan fingerprint density at radius 1 is 1.26 bits per heavy atom. The molecule has 2 aromatic heterocycles. The Morgan fingerprint density at radius 2 is 2.05 bits per heavy atom. The van der Waals surface area contributed by atoms with Crippen molar-refractivity contribution in [2.45, 2.75) is 19.4 Å². The van der Waals surface area contributed by atoms with Crippen LogP contribution < -0.4 is 10.1 Å². The lowest BCUT2D eigenvalue weighted by Crippen LogP contribution is -2.25. The van der Waals surface area contributed by atoms with E-state index >= 15 is 0 Å². The fourth-order valence-corrected chi connectivity index (χ4v) is 1.81. The molecule has 0 amide bonds. The highest BCUT2D eigenvalue weighted by Crippen LogP contribution is 2.21. The standard InChI is InChI=1S/C14H18N4O/c1-3-5-16-13(14-17-6-4-7-18-14)11-8-12(19-2)10-15-9-11/h4,6-10,13,16H,3,5H2,1-2H3. The van der Waals surface area contributed by atoms with Crippen LogP contribution in [0.15, 0.2) is 36.9 Å². The zero-order chi connectivity index (χ0) is 13.5. The van der Waals surface area contributed by atoms with Gasteiger partial charge in [-0.05, 0) is 30.7 Å². The minimum absolute atomic E-state index is 0.0660. The molecule has 2 heterocycles. The van der Waals surface area contributed by atoms with Crippen LogP contribution in [-0.4, -0.2) is 28.6 Å². The lowest BCUT2D eigenvalue weighted by molar-refractivity contribution is 0.411. The van der Waals surface area contributed by atoms with Gasteiger partial charge in [-0.15, -0.1) is 0 Å². The molecule has 100 valence electrons. The van der Waals surface area contributed by atoms with Crippen molar-refractivity contribution in [3.8, 4) is 5.75 Å². The summed E-state index contributed by atoms with van der Waals surface area (Å²) in [5.74, 6) is 1.47. The maximum absolute atomic E-state index is 5.21. The highest BCUT2D eigenvalue weighted by atomic mass is 16.5. The Bertz CT molecular complexity index is 504. The Kier molecular flexibility index (Phi) is 4.80. The molecule has 2 rings (SSSR count). The van der Waals surface area contributed by atoms with Gasteiger partial charge < -0.3 is 10.1 Å². The third-order valence-electron chi connectivity index (χ3n) is 2.75. The van der Waals surface area contributed by atoms with Gasteiger partial charge in [0.1, 0.15) is 11.6 Å². The molecule has 1 unspecified atom stereocenters. The second-order valence-electron chi connectivity index (χ2n) is 4.15. The molecule has 0 fully saturated rings. The Labute approximate surface area is 113 Å². The second-order valence-corrected chi connectivity index (χ2v) is 4.15. The van der Waals surface area contributed by atoms with Gasteiger partial charge in [-0.2, -0.15) is 0 Å². The zero-order valence-electron chi connectivity index (χ0n) is 11.2. The molecule has 19 heavy (non-hydrogen) atoms. The topological polar surface area (TPSA) is 59.9 Å². The predicted molar refractivity (Wildman–Crippen MR) is 73.0 cm³/mol. The first-order valence-electron chi connectivity index (χ1n) is 6.34. The minimum Gasteiger partial charge on any atom is -0.495 e. The molecule has 0 aromatic carbocycles. The van der Waals surface area contributed by atoms with Gasteiger partial charge in [-0.25, -0.2) is 9.97 Å². The number of hydrogen-bond donors (Lipinski definition) is 1. The van der Waals surface area contributed by atoms with E-state index in [0.717, 1.165) is 30.1 Å². The summed E-state index contributed by atoms with van der Waals surface area (Å²) in [6, 6.07) is 3.70. The Morgan fingerprint density at radius 3 is 2.74 bits per heavy atom. The van der Waals surface area contributed by atoms with Crippen LogP contribution in [0.5, 0.6) is 5.75 Å². The number of nitrogens with zero attached hydrogens (tertiary/aromatic N) is 3. The van der Waals surface area contributed by atoms with Gasteiger partial charge in [0.25, 0.3) is 0 Å². The van der Waals surface area contributed by atoms with Crippen molar-refractivity contribution in [3.63, 3.8) is 0 Å². The normalized spacial score (nSPS) is 12.1. The van der Waals surface area contributed by atoms with Crippen LogP contribution in [0.2, 0.25) is 0 Å². The number of aromatic nitrogens is 3. The van der Waals surface area contributed by atoms with Crippen molar-refractivity contribution in [2.24, 2.45) is 0 Å². The summed E-state index contributed by atoms with van der Waals surface area (Å²) in [7, 11) is 1.63. The van der Waals surface area contributed by atoms with Crippen LogP contribution in [0, 0.1) is 0 Å². The van der Waals surface area contributed by atoms with Gasteiger partial charge in [0.15, 0.2) is 0 Å². The van der Waals surface area contributed by atoms with Crippen molar-refractivity contribution in [2.75, 3.05) is 13.7 Å². The lowest BCUT2D eigenvalue weighted by Gasteiger charge is -2.17. The first-order valence-corrected chi connectivity index (χ1v) is 6.34. The van der Waals surface area contributed by atoms with Crippen molar-refractivity contribution in [1.29, 1.82) is 0 Å². The van der Waals surface area contributed by atoms with Crippen LogP contribution in [0.3, 0.4) is 0 Å². The lowest BCUT2D eigenvalue weighted by atomic mass is 10.1. The van der Waals surface area contributed by atoms with Gasteiger partial charge >= 0.3 is 0 Å². The summed E-state index contributed by atoms with van der Waals surface area (Å²) in [6.45, 7) is 3.01. The van der Waals surface area contributed by atoms with Gasteiger partial charge in [0.2, 0.25) is 0 Å². The fourth-order valence-electron chi connectivity index (χ4n) is 1.81. The maximum atomic E-state index is 5.21. The summed E-state index contributed by atoms with van der Waals surface area (Å²) in [5.41, 5.74) is 0.999. The number of rotatable bonds is 6. The number of pyridine rings is 1. The molecule has 0 aliphatic carbocycles. The zero-order valence-corrected chi connectivity index (χ0v) is 11.2. The van der Waals surface area contributed by atoms with Gasteiger partial charge in [-0.3, -0.25) is 4.98 Å². The molecule has 0 aliphatic rings. The van der Waals surface area contributed by atoms with Gasteiger partial charge in [-0.1, -0.05) is 6.92 Å². The van der Waals surface area contributed by atoms with E-state index in [1.165, 1.54) is 0 Å². The average Bonchev–Trinajstić information content (AvgIpc) is 2.49. The van der Waals surface area contributed by atoms with E-state index in [9.17, 15) is 0 Å². The molecular formula is C14H18N4O. The minimum atomic E-state index is -0.0660. The molecule has 0 spiro atoms. The van der Waals surface area contributed by atoms with Gasteiger partial charge in [0, 0.05) is 18.6 Å². The molecular weight excluding hydrogens is 240 g/mol. The van der Waals surface area contributed by atoms with Gasteiger partial charge in [0.05, 0.1) is 19.3 Å². The van der Waals surface area contributed by atoms with Crippen LogP contribution in [0.1, 0.15) is 30.8 Å². The smallest absolute Gasteiger partial charge is 0.149 e. The number of nitrogens with one attached hydrogen (secondary N) is 1. The fraction of sp³-hybridized carbons (Fsp3) is 0.357. The largest absolute Gasteiger partial charge is 0.495 e. The second kappa shape index (κ2) is 6.80. The predicted octanol–water partition coefficient (Wildman–Crippen LogP) is 1.97. The van der Waals surface area contributed by atoms with Crippen LogP contribution in [0.4, 0.5) is 0 Å². The number of ether oxygens (including phenoxy) is 1. The van der Waals surface area contributed by atoms with E-state index in [0.29, 0.717) is 0 Å². The van der Waals surface area contributed by atoms with Crippen molar-refractivity contribution >= 4 is 0 Å². The molecule has 1 N–H and O–H groups in total. The van der Waals surface area contributed by atoms with Crippen molar-refractivity contribution in [1.82, 2.24) is 20.3 Å². The molecule has 0 bridgehead atoms. The van der Waals surface area contributed by atoms with E-state index in [1.54, 1.807) is 25.7 Å². The van der Waals surface area contributed by atoms with Crippen LogP contribution in [0.25, 0.3) is 0 Å².